The molecule has 8 heteroatoms. The van der Waals surface area contributed by atoms with E-state index in [2.05, 4.69) is 10.3 Å². The van der Waals surface area contributed by atoms with Crippen LogP contribution in [0.15, 0.2) is 29.2 Å². The topological polar surface area (TPSA) is 79.3 Å². The number of H-pyrrole nitrogens is 1. The highest BCUT2D eigenvalue weighted by Crippen LogP contribution is 2.34. The monoisotopic (exact) mass is 343 g/mol. The summed E-state index contributed by atoms with van der Waals surface area (Å²) in [6.45, 7) is 1.72. The van der Waals surface area contributed by atoms with Crippen molar-refractivity contribution in [2.75, 3.05) is 19.7 Å². The van der Waals surface area contributed by atoms with Gasteiger partial charge in [-0.25, -0.2) is 4.79 Å². The van der Waals surface area contributed by atoms with Crippen LogP contribution in [0.1, 0.15) is 17.7 Å². The van der Waals surface area contributed by atoms with Crippen LogP contribution in [0.2, 0.25) is 10.0 Å². The summed E-state index contributed by atoms with van der Waals surface area (Å²) in [5.41, 5.74) is 0.440. The van der Waals surface area contributed by atoms with Crippen molar-refractivity contribution in [2.45, 2.75) is 12.1 Å². The molecule has 2 atom stereocenters. The Labute approximate surface area is 136 Å². The van der Waals surface area contributed by atoms with Gasteiger partial charge in [0.1, 0.15) is 6.10 Å². The van der Waals surface area contributed by atoms with E-state index in [4.69, 9.17) is 27.9 Å². The van der Waals surface area contributed by atoms with Gasteiger partial charge in [0.2, 0.25) is 5.88 Å². The average Bonchev–Trinajstić information content (AvgIpc) is 2.69. The van der Waals surface area contributed by atoms with Crippen molar-refractivity contribution in [2.24, 2.45) is 0 Å². The number of aromatic hydroxyl groups is 1. The second-order valence-corrected chi connectivity index (χ2v) is 5.90. The molecule has 2 heterocycles. The van der Waals surface area contributed by atoms with E-state index in [9.17, 15) is 9.90 Å². The molecule has 0 radical (unpaired) electrons. The minimum absolute atomic E-state index is 0.179. The average molecular weight is 344 g/mol. The van der Waals surface area contributed by atoms with Crippen molar-refractivity contribution < 1.29 is 9.84 Å². The highest BCUT2D eigenvalue weighted by atomic mass is 35.5. The van der Waals surface area contributed by atoms with Gasteiger partial charge in [-0.2, -0.15) is 0 Å². The Bertz CT molecular complexity index is 728. The van der Waals surface area contributed by atoms with E-state index in [0.717, 1.165) is 5.56 Å². The molecule has 3 N–H and O–H groups in total. The third kappa shape index (κ3) is 3.01. The van der Waals surface area contributed by atoms with Crippen LogP contribution in [0.4, 0.5) is 0 Å². The van der Waals surface area contributed by atoms with Gasteiger partial charge in [-0.05, 0) is 17.7 Å². The Morgan fingerprint density at radius 3 is 2.82 bits per heavy atom. The van der Waals surface area contributed by atoms with Gasteiger partial charge in [0.15, 0.2) is 0 Å². The lowest BCUT2D eigenvalue weighted by Gasteiger charge is -2.25. The van der Waals surface area contributed by atoms with Gasteiger partial charge in [-0.15, -0.1) is 0 Å². The summed E-state index contributed by atoms with van der Waals surface area (Å²) in [6, 6.07) is 4.96. The Balaban J connectivity index is 2.02. The lowest BCUT2D eigenvalue weighted by molar-refractivity contribution is 0.0336. The van der Waals surface area contributed by atoms with Crippen molar-refractivity contribution in [3.8, 4) is 5.88 Å². The SMILES string of the molecule is O=c1[nH]c(O)cn1[C@@H]1CNCCO[C@H]1c1ccc(Cl)c(Cl)c1. The van der Waals surface area contributed by atoms with Gasteiger partial charge in [0, 0.05) is 13.1 Å². The first-order chi connectivity index (χ1) is 10.6. The first-order valence-electron chi connectivity index (χ1n) is 6.83. The van der Waals surface area contributed by atoms with Crippen molar-refractivity contribution >= 4 is 23.2 Å². The van der Waals surface area contributed by atoms with Crippen LogP contribution in [-0.2, 0) is 4.74 Å². The van der Waals surface area contributed by atoms with Crippen molar-refractivity contribution in [3.63, 3.8) is 0 Å². The van der Waals surface area contributed by atoms with E-state index >= 15 is 0 Å². The molecule has 0 unspecified atom stereocenters. The Kier molecular flexibility index (Phi) is 4.44. The van der Waals surface area contributed by atoms with E-state index in [1.54, 1.807) is 12.1 Å². The molecule has 1 aliphatic heterocycles. The number of hydrogen-bond donors (Lipinski definition) is 3. The van der Waals surface area contributed by atoms with Crippen molar-refractivity contribution in [1.29, 1.82) is 0 Å². The number of nitrogens with zero attached hydrogens (tertiary/aromatic N) is 1. The van der Waals surface area contributed by atoms with E-state index in [-0.39, 0.29) is 23.7 Å². The highest BCUT2D eigenvalue weighted by Gasteiger charge is 2.29. The van der Waals surface area contributed by atoms with Gasteiger partial charge in [0.25, 0.3) is 0 Å². The molecule has 0 bridgehead atoms. The number of aromatic nitrogens is 2. The maximum absolute atomic E-state index is 12.0. The molecule has 0 spiro atoms. The molecule has 6 nitrogen and oxygen atoms in total. The van der Waals surface area contributed by atoms with E-state index in [1.165, 1.54) is 10.8 Å². The van der Waals surface area contributed by atoms with Crippen molar-refractivity contribution in [1.82, 2.24) is 14.9 Å². The van der Waals surface area contributed by atoms with Gasteiger partial charge in [0.05, 0.1) is 28.9 Å². The van der Waals surface area contributed by atoms with Crippen molar-refractivity contribution in [3.05, 3.63) is 50.5 Å². The molecule has 1 fully saturated rings. The smallest absolute Gasteiger partial charge is 0.328 e. The second-order valence-electron chi connectivity index (χ2n) is 5.09. The number of rotatable bonds is 2. The zero-order chi connectivity index (χ0) is 15.7. The quantitative estimate of drug-likeness (QED) is 0.780. The number of halogens is 2. The third-order valence-electron chi connectivity index (χ3n) is 3.64. The summed E-state index contributed by atoms with van der Waals surface area (Å²) in [5.74, 6) is -0.179. The maximum Gasteiger partial charge on any atom is 0.328 e. The normalized spacial score (nSPS) is 22.5. The predicted molar refractivity (Wildman–Crippen MR) is 83.8 cm³/mol. The molecule has 0 saturated carbocycles. The van der Waals surface area contributed by atoms with E-state index in [0.29, 0.717) is 29.7 Å². The minimum Gasteiger partial charge on any atom is -0.493 e. The van der Waals surface area contributed by atoms with Gasteiger partial charge in [-0.1, -0.05) is 29.3 Å². The molecule has 1 aromatic heterocycles. The van der Waals surface area contributed by atoms with Crippen LogP contribution >= 0.6 is 23.2 Å². The van der Waals surface area contributed by atoms with Gasteiger partial charge in [-0.3, -0.25) is 9.55 Å². The molecule has 0 aliphatic carbocycles. The Hall–Kier alpha value is -1.47. The molecule has 118 valence electrons. The number of hydrogen-bond acceptors (Lipinski definition) is 4. The first kappa shape index (κ1) is 15.4. The number of ether oxygens (including phenoxy) is 1. The number of imidazole rings is 1. The predicted octanol–water partition coefficient (Wildman–Crippen LogP) is 2.09. The second kappa shape index (κ2) is 6.34. The number of benzene rings is 1. The summed E-state index contributed by atoms with van der Waals surface area (Å²) < 4.78 is 7.33. The summed E-state index contributed by atoms with van der Waals surface area (Å²) in [6.07, 6.45) is 0.992. The molecule has 22 heavy (non-hydrogen) atoms. The van der Waals surface area contributed by atoms with Gasteiger partial charge >= 0.3 is 5.69 Å². The summed E-state index contributed by atoms with van der Waals surface area (Å²) in [4.78, 5) is 14.3. The van der Waals surface area contributed by atoms with Crippen LogP contribution in [0, 0.1) is 0 Å². The standard InChI is InChI=1S/C14H15Cl2N3O3/c15-9-2-1-8(5-10(9)16)13-11(6-17-3-4-22-13)19-7-12(20)18-14(19)21/h1-2,5,7,11,13,17,20H,3-4,6H2,(H,18,21)/t11-,13+/m1/s1. The molecule has 3 rings (SSSR count). The number of aromatic amines is 1. The Morgan fingerprint density at radius 2 is 2.14 bits per heavy atom. The first-order valence-corrected chi connectivity index (χ1v) is 7.59. The third-order valence-corrected chi connectivity index (χ3v) is 4.38. The maximum atomic E-state index is 12.0. The molecule has 1 aromatic carbocycles. The molecule has 0 amide bonds. The van der Waals surface area contributed by atoms with Crippen LogP contribution in [0.5, 0.6) is 5.88 Å². The lowest BCUT2D eigenvalue weighted by atomic mass is 10.0. The fraction of sp³-hybridized carbons (Fsp3) is 0.357. The van der Waals surface area contributed by atoms with E-state index < -0.39 is 0 Å². The van der Waals surface area contributed by atoms with Crippen LogP contribution in [-0.4, -0.2) is 34.4 Å². The molecule has 1 saturated heterocycles. The molecular formula is C14H15Cl2N3O3. The summed E-state index contributed by atoms with van der Waals surface area (Å²) >= 11 is 12.0. The largest absolute Gasteiger partial charge is 0.493 e. The number of nitrogens with one attached hydrogen (secondary N) is 2. The fourth-order valence-corrected chi connectivity index (χ4v) is 2.93. The highest BCUT2D eigenvalue weighted by molar-refractivity contribution is 6.42. The molecule has 2 aromatic rings. The zero-order valence-corrected chi connectivity index (χ0v) is 13.1. The zero-order valence-electron chi connectivity index (χ0n) is 11.6. The summed E-state index contributed by atoms with van der Waals surface area (Å²) in [7, 11) is 0. The van der Waals surface area contributed by atoms with E-state index in [1.807, 2.05) is 6.07 Å². The van der Waals surface area contributed by atoms with Crippen LogP contribution in [0.3, 0.4) is 0 Å². The Morgan fingerprint density at radius 1 is 1.32 bits per heavy atom. The molecular weight excluding hydrogens is 329 g/mol. The lowest BCUT2D eigenvalue weighted by Crippen LogP contribution is -2.32. The van der Waals surface area contributed by atoms with Gasteiger partial charge < -0.3 is 15.2 Å². The van der Waals surface area contributed by atoms with Crippen LogP contribution in [0.25, 0.3) is 0 Å². The van der Waals surface area contributed by atoms with Crippen LogP contribution < -0.4 is 11.0 Å². The minimum atomic E-state index is -0.389. The fourth-order valence-electron chi connectivity index (χ4n) is 2.62. The summed E-state index contributed by atoms with van der Waals surface area (Å²) in [5, 5.41) is 13.6. The molecule has 1 aliphatic rings.